The first-order valence-electron chi connectivity index (χ1n) is 6.72. The molecule has 3 heteroatoms. The molecule has 1 aromatic rings. The molecule has 1 aliphatic rings. The molecule has 1 aromatic carbocycles. The molecule has 0 bridgehead atoms. The molecule has 98 valence electrons. The van der Waals surface area contributed by atoms with Crippen LogP contribution >= 0.6 is 0 Å². The van der Waals surface area contributed by atoms with Crippen LogP contribution in [0.3, 0.4) is 0 Å². The van der Waals surface area contributed by atoms with Crippen molar-refractivity contribution in [2.24, 2.45) is 5.92 Å². The van der Waals surface area contributed by atoms with Crippen LogP contribution in [0.2, 0.25) is 0 Å². The summed E-state index contributed by atoms with van der Waals surface area (Å²) in [6, 6.07) is 8.61. The van der Waals surface area contributed by atoms with Crippen molar-refractivity contribution in [1.82, 2.24) is 0 Å². The third-order valence-electron chi connectivity index (χ3n) is 3.81. The van der Waals surface area contributed by atoms with Gasteiger partial charge in [0, 0.05) is 18.2 Å². The van der Waals surface area contributed by atoms with Gasteiger partial charge in [0.25, 0.3) is 0 Å². The lowest BCUT2D eigenvalue weighted by Crippen LogP contribution is -2.30. The molecule has 1 atom stereocenters. The molecule has 0 radical (unpaired) electrons. The van der Waals surface area contributed by atoms with Gasteiger partial charge >= 0.3 is 5.97 Å². The van der Waals surface area contributed by atoms with Crippen LogP contribution in [-0.4, -0.2) is 17.1 Å². The van der Waals surface area contributed by atoms with Crippen LogP contribution in [0, 0.1) is 5.92 Å². The predicted molar refractivity (Wildman–Crippen MR) is 72.8 cm³/mol. The molecule has 3 nitrogen and oxygen atoms in total. The van der Waals surface area contributed by atoms with Crippen LogP contribution < -0.4 is 5.32 Å². The van der Waals surface area contributed by atoms with Crippen LogP contribution in [-0.2, 0) is 11.2 Å². The van der Waals surface area contributed by atoms with E-state index >= 15 is 0 Å². The summed E-state index contributed by atoms with van der Waals surface area (Å²) in [4.78, 5) is 10.6. The maximum absolute atomic E-state index is 10.6. The number of aliphatic carboxylic acids is 1. The van der Waals surface area contributed by atoms with E-state index in [1.54, 1.807) is 0 Å². The van der Waals surface area contributed by atoms with Gasteiger partial charge in [-0.05, 0) is 49.8 Å². The van der Waals surface area contributed by atoms with Gasteiger partial charge in [0.2, 0.25) is 0 Å². The fourth-order valence-electron chi connectivity index (χ4n) is 2.39. The van der Waals surface area contributed by atoms with Gasteiger partial charge in [0.05, 0.1) is 0 Å². The molecule has 0 amide bonds. The van der Waals surface area contributed by atoms with Crippen molar-refractivity contribution in [3.63, 3.8) is 0 Å². The van der Waals surface area contributed by atoms with E-state index in [4.69, 9.17) is 5.11 Å². The number of hydrogen-bond acceptors (Lipinski definition) is 2. The van der Waals surface area contributed by atoms with E-state index in [-0.39, 0.29) is 6.42 Å². The zero-order valence-electron chi connectivity index (χ0n) is 10.9. The Balaban J connectivity index is 1.91. The Kier molecular flexibility index (Phi) is 4.24. The van der Waals surface area contributed by atoms with E-state index in [0.717, 1.165) is 17.2 Å². The van der Waals surface area contributed by atoms with Crippen molar-refractivity contribution in [3.05, 3.63) is 29.8 Å². The number of aryl methyl sites for hydroxylation is 1. The maximum atomic E-state index is 10.6. The first-order valence-corrected chi connectivity index (χ1v) is 6.72. The molecule has 2 rings (SSSR count). The minimum Gasteiger partial charge on any atom is -0.481 e. The minimum atomic E-state index is -0.740. The normalized spacial score (nSPS) is 16.9. The molecule has 2 N–H and O–H groups in total. The minimum absolute atomic E-state index is 0.196. The molecule has 1 fully saturated rings. The molecule has 18 heavy (non-hydrogen) atoms. The van der Waals surface area contributed by atoms with Gasteiger partial charge in [-0.3, -0.25) is 4.79 Å². The molecule has 1 aliphatic carbocycles. The largest absolute Gasteiger partial charge is 0.481 e. The van der Waals surface area contributed by atoms with Crippen LogP contribution in [0.25, 0.3) is 0 Å². The topological polar surface area (TPSA) is 49.3 Å². The summed E-state index contributed by atoms with van der Waals surface area (Å²) >= 11 is 0. The first kappa shape index (κ1) is 12.9. The lowest BCUT2D eigenvalue weighted by molar-refractivity contribution is -0.136. The Morgan fingerprint density at radius 1 is 1.50 bits per heavy atom. The molecule has 1 saturated carbocycles. The van der Waals surface area contributed by atoms with Crippen molar-refractivity contribution in [1.29, 1.82) is 0 Å². The fourth-order valence-corrected chi connectivity index (χ4v) is 2.39. The number of rotatable bonds is 6. The Bertz CT molecular complexity index is 413. The summed E-state index contributed by atoms with van der Waals surface area (Å²) in [5.41, 5.74) is 2.19. The summed E-state index contributed by atoms with van der Waals surface area (Å²) in [6.07, 6.45) is 4.80. The molecule has 0 saturated heterocycles. The van der Waals surface area contributed by atoms with Crippen molar-refractivity contribution in [3.8, 4) is 0 Å². The smallest absolute Gasteiger partial charge is 0.303 e. The van der Waals surface area contributed by atoms with Gasteiger partial charge in [-0.15, -0.1) is 0 Å². The second kappa shape index (κ2) is 5.89. The summed E-state index contributed by atoms with van der Waals surface area (Å²) in [5, 5.41) is 12.2. The SMILES string of the molecule is CC(Nc1cccc(CCC(=O)O)c1)C1CCC1. The number of benzene rings is 1. The van der Waals surface area contributed by atoms with E-state index < -0.39 is 5.97 Å². The fraction of sp³-hybridized carbons (Fsp3) is 0.533. The second-order valence-corrected chi connectivity index (χ2v) is 5.22. The highest BCUT2D eigenvalue weighted by atomic mass is 16.4. The first-order chi connectivity index (χ1) is 8.65. The monoisotopic (exact) mass is 247 g/mol. The van der Waals surface area contributed by atoms with Crippen LogP contribution in [0.5, 0.6) is 0 Å². The summed E-state index contributed by atoms with van der Waals surface area (Å²) in [5.74, 6) is 0.0591. The summed E-state index contributed by atoms with van der Waals surface area (Å²) in [6.45, 7) is 2.23. The number of carboxylic acids is 1. The molecule has 0 heterocycles. The van der Waals surface area contributed by atoms with E-state index in [9.17, 15) is 4.79 Å². The molecule has 0 spiro atoms. The second-order valence-electron chi connectivity index (χ2n) is 5.22. The number of carbonyl (C=O) groups is 1. The Morgan fingerprint density at radius 3 is 2.89 bits per heavy atom. The number of anilines is 1. The third kappa shape index (κ3) is 3.49. The van der Waals surface area contributed by atoms with E-state index in [0.29, 0.717) is 12.5 Å². The van der Waals surface area contributed by atoms with Crippen LogP contribution in [0.1, 0.15) is 38.2 Å². The maximum Gasteiger partial charge on any atom is 0.303 e. The molecule has 0 aromatic heterocycles. The highest BCUT2D eigenvalue weighted by molar-refractivity contribution is 5.67. The Morgan fingerprint density at radius 2 is 2.28 bits per heavy atom. The van der Waals surface area contributed by atoms with E-state index in [2.05, 4.69) is 24.4 Å². The van der Waals surface area contributed by atoms with Gasteiger partial charge < -0.3 is 10.4 Å². The summed E-state index contributed by atoms with van der Waals surface area (Å²) < 4.78 is 0. The quantitative estimate of drug-likeness (QED) is 0.811. The van der Waals surface area contributed by atoms with Crippen molar-refractivity contribution >= 4 is 11.7 Å². The predicted octanol–water partition coefficient (Wildman–Crippen LogP) is 3.30. The highest BCUT2D eigenvalue weighted by Crippen LogP contribution is 2.31. The zero-order chi connectivity index (χ0) is 13.0. The lowest BCUT2D eigenvalue weighted by Gasteiger charge is -2.32. The molecule has 1 unspecified atom stereocenters. The standard InChI is InChI=1S/C15H21NO2/c1-11(13-5-3-6-13)16-14-7-2-4-12(10-14)8-9-15(17)18/h2,4,7,10-11,13,16H,3,5-6,8-9H2,1H3,(H,17,18). The van der Waals surface area contributed by atoms with Gasteiger partial charge in [-0.1, -0.05) is 18.6 Å². The van der Waals surface area contributed by atoms with Gasteiger partial charge in [-0.2, -0.15) is 0 Å². The van der Waals surface area contributed by atoms with Gasteiger partial charge in [0.15, 0.2) is 0 Å². The summed E-state index contributed by atoms with van der Waals surface area (Å²) in [7, 11) is 0. The number of nitrogens with one attached hydrogen (secondary N) is 1. The number of carboxylic acid groups (broad SMARTS) is 1. The average molecular weight is 247 g/mol. The lowest BCUT2D eigenvalue weighted by atomic mass is 9.80. The van der Waals surface area contributed by atoms with E-state index in [1.165, 1.54) is 19.3 Å². The Labute approximate surface area is 108 Å². The van der Waals surface area contributed by atoms with Crippen LogP contribution in [0.4, 0.5) is 5.69 Å². The number of hydrogen-bond donors (Lipinski definition) is 2. The molecular weight excluding hydrogens is 226 g/mol. The molecule has 0 aliphatic heterocycles. The van der Waals surface area contributed by atoms with Gasteiger partial charge in [0.1, 0.15) is 0 Å². The zero-order valence-corrected chi connectivity index (χ0v) is 10.9. The van der Waals surface area contributed by atoms with E-state index in [1.807, 2.05) is 12.1 Å². The highest BCUT2D eigenvalue weighted by Gasteiger charge is 2.23. The van der Waals surface area contributed by atoms with Crippen LogP contribution in [0.15, 0.2) is 24.3 Å². The van der Waals surface area contributed by atoms with Crippen molar-refractivity contribution < 1.29 is 9.90 Å². The van der Waals surface area contributed by atoms with Crippen molar-refractivity contribution in [2.75, 3.05) is 5.32 Å². The average Bonchev–Trinajstić information content (AvgIpc) is 2.24. The molecular formula is C15H21NO2. The van der Waals surface area contributed by atoms with Crippen molar-refractivity contribution in [2.45, 2.75) is 45.1 Å². The third-order valence-corrected chi connectivity index (χ3v) is 3.81. The Hall–Kier alpha value is -1.51. The van der Waals surface area contributed by atoms with Gasteiger partial charge in [-0.25, -0.2) is 0 Å².